The summed E-state index contributed by atoms with van der Waals surface area (Å²) >= 11 is 0. The van der Waals surface area contributed by atoms with Crippen LogP contribution in [-0.4, -0.2) is 62.3 Å². The highest BCUT2D eigenvalue weighted by Gasteiger charge is 2.41. The number of rotatable bonds is 4. The third-order valence-corrected chi connectivity index (χ3v) is 4.32. The monoisotopic (exact) mass is 380 g/mol. The van der Waals surface area contributed by atoms with Gasteiger partial charge in [-0.25, -0.2) is 0 Å². The maximum Gasteiger partial charge on any atom is 0.191 e. The SMILES string of the molecule is CN=C(NCCN1CCC1)NC1CC2CCC1O2.I. The van der Waals surface area contributed by atoms with E-state index >= 15 is 0 Å². The first-order valence-corrected chi connectivity index (χ1v) is 7.20. The lowest BCUT2D eigenvalue weighted by Gasteiger charge is -2.31. The molecule has 3 rings (SSSR count). The number of nitrogens with one attached hydrogen (secondary N) is 2. The van der Waals surface area contributed by atoms with Crippen LogP contribution in [0.4, 0.5) is 0 Å². The molecule has 0 radical (unpaired) electrons. The molecule has 0 aromatic rings. The number of nitrogens with zero attached hydrogens (tertiary/aromatic N) is 2. The molecule has 19 heavy (non-hydrogen) atoms. The molecular formula is C13H25IN4O. The number of aliphatic imine (C=N–C) groups is 1. The van der Waals surface area contributed by atoms with Crippen molar-refractivity contribution in [3.05, 3.63) is 0 Å². The molecule has 0 saturated carbocycles. The summed E-state index contributed by atoms with van der Waals surface area (Å²) in [6.45, 7) is 4.61. The summed E-state index contributed by atoms with van der Waals surface area (Å²) in [5, 5.41) is 6.90. The average molecular weight is 380 g/mol. The molecule has 0 aromatic heterocycles. The van der Waals surface area contributed by atoms with Gasteiger partial charge in [0, 0.05) is 20.1 Å². The molecule has 0 aliphatic carbocycles. The average Bonchev–Trinajstić information content (AvgIpc) is 2.92. The molecule has 6 heteroatoms. The zero-order valence-corrected chi connectivity index (χ0v) is 13.9. The van der Waals surface area contributed by atoms with Crippen LogP contribution in [0.2, 0.25) is 0 Å². The first kappa shape index (κ1) is 15.3. The van der Waals surface area contributed by atoms with Gasteiger partial charge in [0.1, 0.15) is 0 Å². The van der Waals surface area contributed by atoms with Gasteiger partial charge in [-0.05, 0) is 38.8 Å². The van der Waals surface area contributed by atoms with Crippen molar-refractivity contribution < 1.29 is 4.74 Å². The fraction of sp³-hybridized carbons (Fsp3) is 0.923. The molecule has 3 saturated heterocycles. The van der Waals surface area contributed by atoms with E-state index in [4.69, 9.17) is 4.74 Å². The van der Waals surface area contributed by atoms with Crippen LogP contribution in [-0.2, 0) is 4.74 Å². The van der Waals surface area contributed by atoms with E-state index in [1.807, 2.05) is 7.05 Å². The van der Waals surface area contributed by atoms with Gasteiger partial charge in [-0.15, -0.1) is 24.0 Å². The molecule has 2 N–H and O–H groups in total. The smallest absolute Gasteiger partial charge is 0.191 e. The van der Waals surface area contributed by atoms with Gasteiger partial charge >= 0.3 is 0 Å². The zero-order chi connectivity index (χ0) is 12.4. The van der Waals surface area contributed by atoms with Crippen molar-refractivity contribution in [3.8, 4) is 0 Å². The predicted molar refractivity (Wildman–Crippen MR) is 87.3 cm³/mol. The van der Waals surface area contributed by atoms with E-state index in [9.17, 15) is 0 Å². The summed E-state index contributed by atoms with van der Waals surface area (Å²) in [5.41, 5.74) is 0. The number of likely N-dealkylation sites (tertiary alicyclic amines) is 1. The highest BCUT2D eigenvalue weighted by Crippen LogP contribution is 2.34. The van der Waals surface area contributed by atoms with Gasteiger partial charge < -0.3 is 20.3 Å². The van der Waals surface area contributed by atoms with Gasteiger partial charge in [0.25, 0.3) is 0 Å². The number of guanidine groups is 1. The van der Waals surface area contributed by atoms with Gasteiger partial charge in [-0.1, -0.05) is 0 Å². The maximum atomic E-state index is 5.85. The summed E-state index contributed by atoms with van der Waals surface area (Å²) in [5.74, 6) is 0.927. The Bertz CT molecular complexity index is 322. The normalized spacial score (nSPS) is 33.7. The van der Waals surface area contributed by atoms with Crippen LogP contribution in [0.5, 0.6) is 0 Å². The molecule has 0 amide bonds. The Morgan fingerprint density at radius 2 is 2.21 bits per heavy atom. The fourth-order valence-corrected chi connectivity index (χ4v) is 3.10. The molecule has 3 heterocycles. The minimum absolute atomic E-state index is 0. The van der Waals surface area contributed by atoms with Crippen LogP contribution in [0.3, 0.4) is 0 Å². The summed E-state index contributed by atoms with van der Waals surface area (Å²) in [7, 11) is 1.84. The van der Waals surface area contributed by atoms with Crippen LogP contribution in [0.1, 0.15) is 25.7 Å². The Kier molecular flexibility index (Phi) is 5.70. The van der Waals surface area contributed by atoms with Gasteiger partial charge in [-0.2, -0.15) is 0 Å². The summed E-state index contributed by atoms with van der Waals surface area (Å²) < 4.78 is 5.85. The molecule has 0 aromatic carbocycles. The van der Waals surface area contributed by atoms with E-state index < -0.39 is 0 Å². The van der Waals surface area contributed by atoms with Crippen molar-refractivity contribution in [1.29, 1.82) is 0 Å². The summed E-state index contributed by atoms with van der Waals surface area (Å²) in [6, 6.07) is 0.457. The Hall–Kier alpha value is -0.0800. The second-order valence-electron chi connectivity index (χ2n) is 5.55. The highest BCUT2D eigenvalue weighted by molar-refractivity contribution is 14.0. The predicted octanol–water partition coefficient (Wildman–Crippen LogP) is 0.795. The number of ether oxygens (including phenoxy) is 1. The highest BCUT2D eigenvalue weighted by atomic mass is 127. The Balaban J connectivity index is 0.00000133. The lowest BCUT2D eigenvalue weighted by atomic mass is 9.96. The maximum absolute atomic E-state index is 5.85. The van der Waals surface area contributed by atoms with Crippen molar-refractivity contribution in [2.75, 3.05) is 33.2 Å². The zero-order valence-electron chi connectivity index (χ0n) is 11.6. The Morgan fingerprint density at radius 3 is 2.74 bits per heavy atom. The van der Waals surface area contributed by atoms with Crippen LogP contribution in [0.15, 0.2) is 4.99 Å². The van der Waals surface area contributed by atoms with Gasteiger partial charge in [0.2, 0.25) is 0 Å². The van der Waals surface area contributed by atoms with E-state index in [1.165, 1.54) is 32.4 Å². The number of fused-ring (bicyclic) bond motifs is 2. The Morgan fingerprint density at radius 1 is 1.37 bits per heavy atom. The molecule has 3 aliphatic heterocycles. The molecule has 2 bridgehead atoms. The van der Waals surface area contributed by atoms with Crippen molar-refractivity contribution in [1.82, 2.24) is 15.5 Å². The van der Waals surface area contributed by atoms with Gasteiger partial charge in [0.05, 0.1) is 18.2 Å². The fourth-order valence-electron chi connectivity index (χ4n) is 3.10. The van der Waals surface area contributed by atoms with Crippen molar-refractivity contribution in [2.45, 2.75) is 43.9 Å². The molecule has 3 atom stereocenters. The van der Waals surface area contributed by atoms with E-state index in [1.54, 1.807) is 0 Å². The van der Waals surface area contributed by atoms with Crippen LogP contribution in [0, 0.1) is 0 Å². The summed E-state index contributed by atoms with van der Waals surface area (Å²) in [6.07, 6.45) is 5.83. The van der Waals surface area contributed by atoms with E-state index in [0.29, 0.717) is 18.2 Å². The minimum Gasteiger partial charge on any atom is -0.373 e. The van der Waals surface area contributed by atoms with Crippen LogP contribution in [0.25, 0.3) is 0 Å². The second-order valence-corrected chi connectivity index (χ2v) is 5.55. The second kappa shape index (κ2) is 7.08. The third kappa shape index (κ3) is 3.72. The third-order valence-electron chi connectivity index (χ3n) is 4.32. The van der Waals surface area contributed by atoms with Crippen LogP contribution < -0.4 is 10.6 Å². The molecule has 3 fully saturated rings. The lowest BCUT2D eigenvalue weighted by Crippen LogP contribution is -2.49. The summed E-state index contributed by atoms with van der Waals surface area (Å²) in [4.78, 5) is 6.76. The molecular weight excluding hydrogens is 355 g/mol. The lowest BCUT2D eigenvalue weighted by molar-refractivity contribution is 0.0992. The van der Waals surface area contributed by atoms with Gasteiger partial charge in [0.15, 0.2) is 5.96 Å². The number of hydrogen-bond acceptors (Lipinski definition) is 3. The topological polar surface area (TPSA) is 48.9 Å². The van der Waals surface area contributed by atoms with E-state index in [0.717, 1.165) is 25.5 Å². The first-order chi connectivity index (χ1) is 8.85. The van der Waals surface area contributed by atoms with Crippen molar-refractivity contribution in [3.63, 3.8) is 0 Å². The quantitative estimate of drug-likeness (QED) is 0.430. The Labute approximate surface area is 132 Å². The van der Waals surface area contributed by atoms with E-state index in [2.05, 4.69) is 20.5 Å². The largest absolute Gasteiger partial charge is 0.373 e. The number of hydrogen-bond donors (Lipinski definition) is 2. The minimum atomic E-state index is 0. The molecule has 0 spiro atoms. The van der Waals surface area contributed by atoms with E-state index in [-0.39, 0.29) is 24.0 Å². The van der Waals surface area contributed by atoms with Crippen molar-refractivity contribution >= 4 is 29.9 Å². The van der Waals surface area contributed by atoms with Crippen LogP contribution >= 0.6 is 24.0 Å². The molecule has 110 valence electrons. The molecule has 5 nitrogen and oxygen atoms in total. The number of halogens is 1. The first-order valence-electron chi connectivity index (χ1n) is 7.20. The van der Waals surface area contributed by atoms with Crippen molar-refractivity contribution in [2.24, 2.45) is 4.99 Å². The molecule has 3 unspecified atom stereocenters. The van der Waals surface area contributed by atoms with Gasteiger partial charge in [-0.3, -0.25) is 4.99 Å². The molecule has 3 aliphatic rings. The standard InChI is InChI=1S/C13H24N4O.HI/c1-14-13(15-5-8-17-6-2-7-17)16-11-9-10-3-4-12(11)18-10;/h10-12H,2-9H2,1H3,(H2,14,15,16);1H.